The number of hydrogen-bond donors (Lipinski definition) is 0. The van der Waals surface area contributed by atoms with Crippen LogP contribution in [0.5, 0.6) is 5.75 Å². The monoisotopic (exact) mass is 325 g/mol. The molecule has 4 rings (SSSR count). The van der Waals surface area contributed by atoms with Crippen LogP contribution in [0.25, 0.3) is 0 Å². The molecule has 1 aliphatic carbocycles. The number of likely N-dealkylation sites (tertiary alicyclic amines) is 2. The fourth-order valence-corrected chi connectivity index (χ4v) is 4.41. The van der Waals surface area contributed by atoms with Crippen molar-refractivity contribution in [2.45, 2.75) is 19.3 Å². The zero-order valence-electron chi connectivity index (χ0n) is 14.4. The van der Waals surface area contributed by atoms with Crippen molar-refractivity contribution in [1.82, 2.24) is 9.80 Å². The summed E-state index contributed by atoms with van der Waals surface area (Å²) < 4.78 is 5.85. The normalized spacial score (nSPS) is 27.6. The van der Waals surface area contributed by atoms with Crippen LogP contribution in [0, 0.1) is 29.1 Å². The molecule has 24 heavy (non-hydrogen) atoms. The first-order chi connectivity index (χ1) is 11.8. The molecule has 1 saturated carbocycles. The highest BCUT2D eigenvalue weighted by Gasteiger charge is 2.35. The molecule has 2 heterocycles. The summed E-state index contributed by atoms with van der Waals surface area (Å²) in [6.07, 6.45) is 4.35. The Balaban J connectivity index is 1.21. The molecule has 2 unspecified atom stereocenters. The van der Waals surface area contributed by atoms with Gasteiger partial charge in [0.15, 0.2) is 0 Å². The minimum atomic E-state index is 0.682. The summed E-state index contributed by atoms with van der Waals surface area (Å²) in [5.74, 6) is 3.58. The molecule has 128 valence electrons. The van der Waals surface area contributed by atoms with E-state index < -0.39 is 0 Å². The van der Waals surface area contributed by atoms with Gasteiger partial charge in [-0.05, 0) is 61.3 Å². The van der Waals surface area contributed by atoms with Gasteiger partial charge < -0.3 is 9.64 Å². The predicted molar refractivity (Wildman–Crippen MR) is 93.9 cm³/mol. The third-order valence-electron chi connectivity index (χ3n) is 5.61. The zero-order chi connectivity index (χ0) is 16.4. The van der Waals surface area contributed by atoms with Gasteiger partial charge in [-0.3, -0.25) is 4.90 Å². The highest BCUT2D eigenvalue weighted by atomic mass is 16.5. The average molecular weight is 325 g/mol. The Hall–Kier alpha value is -1.57. The largest absolute Gasteiger partial charge is 0.492 e. The van der Waals surface area contributed by atoms with Gasteiger partial charge in [0.05, 0.1) is 11.6 Å². The summed E-state index contributed by atoms with van der Waals surface area (Å²) in [5, 5.41) is 8.82. The number of benzene rings is 1. The Morgan fingerprint density at radius 2 is 1.67 bits per heavy atom. The fourth-order valence-electron chi connectivity index (χ4n) is 4.41. The number of piperidine rings is 2. The molecule has 3 aliphatic rings. The summed E-state index contributed by atoms with van der Waals surface area (Å²) in [4.78, 5) is 5.33. The molecule has 4 heteroatoms. The summed E-state index contributed by atoms with van der Waals surface area (Å²) in [5.41, 5.74) is 0.682. The highest BCUT2D eigenvalue weighted by molar-refractivity contribution is 5.34. The zero-order valence-corrected chi connectivity index (χ0v) is 14.4. The van der Waals surface area contributed by atoms with E-state index in [0.717, 1.165) is 36.7 Å². The maximum absolute atomic E-state index is 8.82. The second-order valence-corrected chi connectivity index (χ2v) is 7.87. The SMILES string of the molecule is N#Cc1ccc(OCCN2CC3CC(C2)CN(CC2CC2)C3)cc1. The lowest BCUT2D eigenvalue weighted by molar-refractivity contribution is 0.0242. The van der Waals surface area contributed by atoms with Crippen LogP contribution in [0.3, 0.4) is 0 Å². The molecule has 1 aromatic rings. The van der Waals surface area contributed by atoms with Crippen LogP contribution < -0.4 is 4.74 Å². The Bertz CT molecular complexity index is 576. The van der Waals surface area contributed by atoms with E-state index in [-0.39, 0.29) is 0 Å². The smallest absolute Gasteiger partial charge is 0.119 e. The van der Waals surface area contributed by atoms with Gasteiger partial charge in [-0.25, -0.2) is 0 Å². The van der Waals surface area contributed by atoms with Crippen LogP contribution in [0.1, 0.15) is 24.8 Å². The standard InChI is InChI=1S/C20H27N3O/c21-10-16-3-5-20(6-4-16)24-8-7-22-12-18-9-19(13-22)15-23(14-18)11-17-1-2-17/h3-6,17-19H,1-2,7-9,11-15H2. The number of nitrogens with zero attached hydrogens (tertiary/aromatic N) is 3. The Kier molecular flexibility index (Phi) is 4.73. The lowest BCUT2D eigenvalue weighted by Crippen LogP contribution is -2.53. The molecular formula is C20H27N3O. The topological polar surface area (TPSA) is 39.5 Å². The summed E-state index contributed by atoms with van der Waals surface area (Å²) in [7, 11) is 0. The van der Waals surface area contributed by atoms with E-state index in [1.807, 2.05) is 24.3 Å². The molecule has 0 spiro atoms. The molecular weight excluding hydrogens is 298 g/mol. The highest BCUT2D eigenvalue weighted by Crippen LogP contribution is 2.34. The third kappa shape index (κ3) is 4.09. The maximum atomic E-state index is 8.82. The molecule has 0 amide bonds. The molecule has 4 nitrogen and oxygen atoms in total. The van der Waals surface area contributed by atoms with E-state index in [1.54, 1.807) is 0 Å². The predicted octanol–water partition coefficient (Wildman–Crippen LogP) is 2.60. The molecule has 0 radical (unpaired) electrons. The van der Waals surface area contributed by atoms with E-state index in [0.29, 0.717) is 5.56 Å². The van der Waals surface area contributed by atoms with E-state index in [1.165, 1.54) is 52.0 Å². The summed E-state index contributed by atoms with van der Waals surface area (Å²) in [6, 6.07) is 9.54. The van der Waals surface area contributed by atoms with Crippen molar-refractivity contribution < 1.29 is 4.74 Å². The van der Waals surface area contributed by atoms with Gasteiger partial charge in [0, 0.05) is 39.3 Å². The minimum Gasteiger partial charge on any atom is -0.492 e. The Labute approximate surface area is 145 Å². The van der Waals surface area contributed by atoms with Crippen molar-refractivity contribution in [1.29, 1.82) is 5.26 Å². The number of nitriles is 1. The first-order valence-electron chi connectivity index (χ1n) is 9.36. The van der Waals surface area contributed by atoms with Crippen LogP contribution in [-0.2, 0) is 0 Å². The number of fused-ring (bicyclic) bond motifs is 2. The van der Waals surface area contributed by atoms with Crippen LogP contribution in [0.2, 0.25) is 0 Å². The van der Waals surface area contributed by atoms with Crippen molar-refractivity contribution in [3.05, 3.63) is 29.8 Å². The Morgan fingerprint density at radius 3 is 2.29 bits per heavy atom. The minimum absolute atomic E-state index is 0.682. The first-order valence-corrected chi connectivity index (χ1v) is 9.36. The van der Waals surface area contributed by atoms with E-state index in [4.69, 9.17) is 10.00 Å². The molecule has 0 N–H and O–H groups in total. The molecule has 2 aliphatic heterocycles. The molecule has 3 fully saturated rings. The van der Waals surface area contributed by atoms with E-state index >= 15 is 0 Å². The quantitative estimate of drug-likeness (QED) is 0.806. The van der Waals surface area contributed by atoms with Crippen molar-refractivity contribution in [2.75, 3.05) is 45.9 Å². The van der Waals surface area contributed by atoms with E-state index in [9.17, 15) is 0 Å². The number of rotatable bonds is 6. The van der Waals surface area contributed by atoms with Gasteiger partial charge >= 0.3 is 0 Å². The van der Waals surface area contributed by atoms with E-state index in [2.05, 4.69) is 15.9 Å². The summed E-state index contributed by atoms with van der Waals surface area (Å²) in [6.45, 7) is 8.17. The number of ether oxygens (including phenoxy) is 1. The molecule has 2 bridgehead atoms. The third-order valence-corrected chi connectivity index (χ3v) is 5.61. The molecule has 2 saturated heterocycles. The van der Waals surface area contributed by atoms with Crippen LogP contribution in [-0.4, -0.2) is 55.7 Å². The van der Waals surface area contributed by atoms with Crippen LogP contribution in [0.15, 0.2) is 24.3 Å². The maximum Gasteiger partial charge on any atom is 0.119 e. The van der Waals surface area contributed by atoms with Crippen molar-refractivity contribution in [3.8, 4) is 11.8 Å². The lowest BCUT2D eigenvalue weighted by Gasteiger charge is -2.46. The fraction of sp³-hybridized carbons (Fsp3) is 0.650. The summed E-state index contributed by atoms with van der Waals surface area (Å²) >= 11 is 0. The number of hydrogen-bond acceptors (Lipinski definition) is 4. The Morgan fingerprint density at radius 1 is 1.00 bits per heavy atom. The molecule has 1 aromatic carbocycles. The average Bonchev–Trinajstić information content (AvgIpc) is 3.39. The van der Waals surface area contributed by atoms with Gasteiger partial charge in [0.2, 0.25) is 0 Å². The van der Waals surface area contributed by atoms with Gasteiger partial charge in [0.25, 0.3) is 0 Å². The van der Waals surface area contributed by atoms with Gasteiger partial charge in [-0.2, -0.15) is 5.26 Å². The molecule has 0 aromatic heterocycles. The second kappa shape index (κ2) is 7.13. The van der Waals surface area contributed by atoms with Crippen molar-refractivity contribution >= 4 is 0 Å². The van der Waals surface area contributed by atoms with Crippen molar-refractivity contribution in [2.24, 2.45) is 17.8 Å². The second-order valence-electron chi connectivity index (χ2n) is 7.87. The van der Waals surface area contributed by atoms with Crippen molar-refractivity contribution in [3.63, 3.8) is 0 Å². The van der Waals surface area contributed by atoms with Crippen LogP contribution in [0.4, 0.5) is 0 Å². The first kappa shape index (κ1) is 15.9. The lowest BCUT2D eigenvalue weighted by atomic mass is 9.84. The van der Waals surface area contributed by atoms with Gasteiger partial charge in [-0.1, -0.05) is 0 Å². The van der Waals surface area contributed by atoms with Gasteiger partial charge in [-0.15, -0.1) is 0 Å². The molecule has 2 atom stereocenters. The van der Waals surface area contributed by atoms with Gasteiger partial charge in [0.1, 0.15) is 12.4 Å². The van der Waals surface area contributed by atoms with Crippen LogP contribution >= 0.6 is 0 Å².